The van der Waals surface area contributed by atoms with Gasteiger partial charge in [-0.1, -0.05) is 27.4 Å². The third kappa shape index (κ3) is 4.22. The molecule has 0 amide bonds. The van der Waals surface area contributed by atoms with E-state index >= 15 is 0 Å². The van der Waals surface area contributed by atoms with Crippen LogP contribution in [0.5, 0.6) is 17.2 Å². The number of hydrogen-bond acceptors (Lipinski definition) is 6. The molecule has 0 aliphatic heterocycles. The second-order valence-electron chi connectivity index (χ2n) is 7.91. The number of phenolic OH excluding ortho intramolecular Hbond substituents is 1. The first kappa shape index (κ1) is 21.2. The number of aromatic hydroxyl groups is 1. The Balaban J connectivity index is 1.91. The van der Waals surface area contributed by atoms with Gasteiger partial charge in [-0.05, 0) is 29.7 Å². The van der Waals surface area contributed by atoms with Gasteiger partial charge < -0.3 is 19.7 Å². The van der Waals surface area contributed by atoms with Gasteiger partial charge in [-0.15, -0.1) is 15.0 Å². The lowest BCUT2D eigenvalue weighted by Gasteiger charge is -2.24. The van der Waals surface area contributed by atoms with E-state index in [1.54, 1.807) is 37.4 Å². The molecule has 8 nitrogen and oxygen atoms in total. The largest absolute Gasteiger partial charge is 0.505 e. The van der Waals surface area contributed by atoms with E-state index in [1.807, 2.05) is 20.8 Å². The number of phenols is 1. The third-order valence-corrected chi connectivity index (χ3v) is 4.63. The summed E-state index contributed by atoms with van der Waals surface area (Å²) in [6.07, 6.45) is 0.218. The minimum absolute atomic E-state index is 0.0609. The second kappa shape index (κ2) is 8.06. The Morgan fingerprint density at radius 2 is 1.87 bits per heavy atom. The van der Waals surface area contributed by atoms with E-state index < -0.39 is 5.97 Å². The number of carboxylic acid groups (broad SMARTS) is 1. The number of aromatic nitrogens is 3. The number of carbonyl (C=O) groups is 1. The van der Waals surface area contributed by atoms with E-state index in [9.17, 15) is 9.90 Å². The normalized spacial score (nSPS) is 11.5. The van der Waals surface area contributed by atoms with E-state index in [0.29, 0.717) is 33.8 Å². The topological polar surface area (TPSA) is 107 Å². The van der Waals surface area contributed by atoms with Gasteiger partial charge in [0.25, 0.3) is 0 Å². The number of aliphatic carboxylic acids is 1. The summed E-state index contributed by atoms with van der Waals surface area (Å²) in [7, 11) is 1.57. The summed E-state index contributed by atoms with van der Waals surface area (Å²) in [4.78, 5) is 12.2. The maximum Gasteiger partial charge on any atom is 0.331 e. The van der Waals surface area contributed by atoms with Gasteiger partial charge in [-0.2, -0.15) is 0 Å². The van der Waals surface area contributed by atoms with Gasteiger partial charge in [0, 0.05) is 23.6 Å². The molecule has 0 saturated carbocycles. The highest BCUT2D eigenvalue weighted by atomic mass is 16.5. The second-order valence-corrected chi connectivity index (χ2v) is 7.91. The van der Waals surface area contributed by atoms with Crippen LogP contribution >= 0.6 is 0 Å². The molecular weight excluding hydrogens is 386 g/mol. The van der Waals surface area contributed by atoms with Crippen molar-refractivity contribution < 1.29 is 24.5 Å². The lowest BCUT2D eigenvalue weighted by atomic mass is 9.85. The van der Waals surface area contributed by atoms with Gasteiger partial charge in [0.1, 0.15) is 28.2 Å². The first-order valence-corrected chi connectivity index (χ1v) is 9.43. The van der Waals surface area contributed by atoms with Crippen LogP contribution in [0.15, 0.2) is 42.5 Å². The van der Waals surface area contributed by atoms with Crippen molar-refractivity contribution in [2.24, 2.45) is 0 Å². The number of rotatable bonds is 7. The molecule has 8 heteroatoms. The van der Waals surface area contributed by atoms with Crippen LogP contribution in [0.25, 0.3) is 16.7 Å². The van der Waals surface area contributed by atoms with Crippen molar-refractivity contribution in [1.82, 2.24) is 15.0 Å². The molecule has 0 bridgehead atoms. The highest BCUT2D eigenvalue weighted by Crippen LogP contribution is 2.41. The van der Waals surface area contributed by atoms with Gasteiger partial charge in [-0.3, -0.25) is 0 Å². The van der Waals surface area contributed by atoms with Crippen LogP contribution in [-0.4, -0.2) is 44.9 Å². The molecule has 0 aliphatic rings. The number of benzene rings is 2. The zero-order valence-corrected chi connectivity index (χ0v) is 17.5. The van der Waals surface area contributed by atoms with Crippen molar-refractivity contribution in [3.05, 3.63) is 48.0 Å². The Labute approximate surface area is 174 Å². The highest BCUT2D eigenvalue weighted by Gasteiger charge is 2.26. The smallest absolute Gasteiger partial charge is 0.331 e. The fraction of sp³-hybridized carbons (Fsp3) is 0.318. The predicted octanol–water partition coefficient (Wildman–Crippen LogP) is 3.84. The maximum atomic E-state index is 10.9. The van der Waals surface area contributed by atoms with Gasteiger partial charge in [-0.25, -0.2) is 4.79 Å². The molecular formula is C22H25N3O5. The van der Waals surface area contributed by atoms with Gasteiger partial charge >= 0.3 is 5.97 Å². The quantitative estimate of drug-likeness (QED) is 0.569. The summed E-state index contributed by atoms with van der Waals surface area (Å²) in [5.74, 6) is 0.165. The van der Waals surface area contributed by atoms with Crippen LogP contribution in [0, 0.1) is 0 Å². The van der Waals surface area contributed by atoms with E-state index in [2.05, 4.69) is 16.8 Å². The number of ether oxygens (including phenoxy) is 2. The average molecular weight is 411 g/mol. The lowest BCUT2D eigenvalue weighted by molar-refractivity contribution is -0.132. The summed E-state index contributed by atoms with van der Waals surface area (Å²) in [5, 5.41) is 28.7. The van der Waals surface area contributed by atoms with E-state index in [1.165, 1.54) is 4.80 Å². The first-order chi connectivity index (χ1) is 14.1. The van der Waals surface area contributed by atoms with Crippen molar-refractivity contribution in [3.8, 4) is 22.9 Å². The first-order valence-electron chi connectivity index (χ1n) is 9.43. The number of hydrogen-bond donors (Lipinski definition) is 2. The third-order valence-electron chi connectivity index (χ3n) is 4.63. The zero-order valence-electron chi connectivity index (χ0n) is 17.5. The summed E-state index contributed by atoms with van der Waals surface area (Å²) in [6.45, 7) is 9.64. The summed E-state index contributed by atoms with van der Waals surface area (Å²) >= 11 is 0. The minimum atomic E-state index is -1.04. The molecule has 2 N–H and O–H groups in total. The SMILES string of the molecule is C=C(CCOc1ccc2nn(-c3ccc(OC)c(C(C)(C)C)c3O)nc2c1)C(=O)O. The highest BCUT2D eigenvalue weighted by molar-refractivity contribution is 5.85. The number of carboxylic acids is 1. The van der Waals surface area contributed by atoms with Gasteiger partial charge in [0.15, 0.2) is 5.75 Å². The summed E-state index contributed by atoms with van der Waals surface area (Å²) in [6, 6.07) is 8.70. The minimum Gasteiger partial charge on any atom is -0.505 e. The Kier molecular flexibility index (Phi) is 5.69. The Bertz CT molecular complexity index is 1110. The van der Waals surface area contributed by atoms with Crippen LogP contribution in [0.3, 0.4) is 0 Å². The summed E-state index contributed by atoms with van der Waals surface area (Å²) in [5.41, 5.74) is 2.07. The van der Waals surface area contributed by atoms with Crippen LogP contribution in [0.4, 0.5) is 0 Å². The van der Waals surface area contributed by atoms with Crippen LogP contribution in [0.1, 0.15) is 32.8 Å². The van der Waals surface area contributed by atoms with Crippen molar-refractivity contribution in [2.45, 2.75) is 32.6 Å². The van der Waals surface area contributed by atoms with Crippen LogP contribution < -0.4 is 9.47 Å². The fourth-order valence-electron chi connectivity index (χ4n) is 3.11. The fourth-order valence-corrected chi connectivity index (χ4v) is 3.11. The van der Waals surface area contributed by atoms with E-state index in [4.69, 9.17) is 14.6 Å². The van der Waals surface area contributed by atoms with Gasteiger partial charge in [0.05, 0.1) is 13.7 Å². The molecule has 0 spiro atoms. The number of nitrogens with zero attached hydrogens (tertiary/aromatic N) is 3. The van der Waals surface area contributed by atoms with Crippen molar-refractivity contribution in [1.29, 1.82) is 0 Å². The van der Waals surface area contributed by atoms with Crippen LogP contribution in [-0.2, 0) is 10.2 Å². The zero-order chi connectivity index (χ0) is 22.1. The van der Waals surface area contributed by atoms with Crippen molar-refractivity contribution >= 4 is 17.0 Å². The standard InChI is InChI=1S/C22H25N3O5/c1-13(21(27)28)10-11-30-14-6-7-15-16(12-14)24-25(23-15)17-8-9-18(29-5)19(20(17)26)22(2,3)4/h6-9,12,26H,1,10-11H2,2-5H3,(H,27,28). The molecule has 0 aliphatic carbocycles. The Morgan fingerprint density at radius 1 is 1.17 bits per heavy atom. The number of fused-ring (bicyclic) bond motifs is 1. The van der Waals surface area contributed by atoms with Gasteiger partial charge in [0.2, 0.25) is 0 Å². The molecule has 0 atom stereocenters. The molecule has 158 valence electrons. The summed E-state index contributed by atoms with van der Waals surface area (Å²) < 4.78 is 11.0. The average Bonchev–Trinajstić information content (AvgIpc) is 3.09. The molecule has 0 radical (unpaired) electrons. The molecule has 0 saturated heterocycles. The van der Waals surface area contributed by atoms with Crippen LogP contribution in [0.2, 0.25) is 0 Å². The molecule has 30 heavy (non-hydrogen) atoms. The lowest BCUT2D eigenvalue weighted by Crippen LogP contribution is -2.14. The number of methoxy groups -OCH3 is 1. The predicted molar refractivity (Wildman–Crippen MR) is 113 cm³/mol. The Morgan fingerprint density at radius 3 is 2.50 bits per heavy atom. The molecule has 3 aromatic rings. The molecule has 3 rings (SSSR count). The monoisotopic (exact) mass is 411 g/mol. The van der Waals surface area contributed by atoms with E-state index in [0.717, 1.165) is 0 Å². The van der Waals surface area contributed by atoms with Crippen molar-refractivity contribution in [3.63, 3.8) is 0 Å². The maximum absolute atomic E-state index is 10.9. The molecule has 1 heterocycles. The molecule has 1 aromatic heterocycles. The Hall–Kier alpha value is -3.55. The van der Waals surface area contributed by atoms with E-state index in [-0.39, 0.29) is 29.8 Å². The molecule has 2 aromatic carbocycles. The molecule has 0 fully saturated rings. The molecule has 0 unspecified atom stereocenters. The van der Waals surface area contributed by atoms with Crippen molar-refractivity contribution in [2.75, 3.05) is 13.7 Å².